The Balaban J connectivity index is 1.82. The Morgan fingerprint density at radius 3 is 2.65 bits per heavy atom. The third-order valence-electron chi connectivity index (χ3n) is 4.34. The van der Waals surface area contributed by atoms with E-state index in [-0.39, 0.29) is 5.91 Å². The van der Waals surface area contributed by atoms with Gasteiger partial charge >= 0.3 is 0 Å². The molecule has 5 heteroatoms. The molecule has 1 N–H and O–H groups in total. The van der Waals surface area contributed by atoms with Gasteiger partial charge in [-0.1, -0.05) is 23.7 Å². The van der Waals surface area contributed by atoms with Crippen LogP contribution >= 0.6 is 22.9 Å². The lowest BCUT2D eigenvalue weighted by Crippen LogP contribution is -2.44. The van der Waals surface area contributed by atoms with Crippen LogP contribution in [0.3, 0.4) is 0 Å². The van der Waals surface area contributed by atoms with Gasteiger partial charge in [0.05, 0.1) is 10.5 Å². The van der Waals surface area contributed by atoms with E-state index < -0.39 is 5.60 Å². The molecule has 0 bridgehead atoms. The highest BCUT2D eigenvalue weighted by Gasteiger charge is 2.30. The molecule has 1 saturated heterocycles. The fourth-order valence-corrected chi connectivity index (χ4v) is 4.18. The van der Waals surface area contributed by atoms with Gasteiger partial charge in [0.25, 0.3) is 5.91 Å². The maximum absolute atomic E-state index is 12.7. The van der Waals surface area contributed by atoms with Crippen molar-refractivity contribution in [3.05, 3.63) is 45.8 Å². The summed E-state index contributed by atoms with van der Waals surface area (Å²) in [7, 11) is 0. The Labute approximate surface area is 145 Å². The number of thiophene rings is 1. The number of nitrogens with zero attached hydrogens (tertiary/aromatic N) is 1. The molecule has 2 aromatic rings. The number of halogens is 1. The van der Waals surface area contributed by atoms with E-state index in [9.17, 15) is 9.90 Å². The number of piperidine rings is 1. The number of benzene rings is 1. The van der Waals surface area contributed by atoms with E-state index >= 15 is 0 Å². The summed E-state index contributed by atoms with van der Waals surface area (Å²) in [4.78, 5) is 16.4. The number of aryl methyl sites for hydroxylation is 1. The molecule has 1 aromatic carbocycles. The van der Waals surface area contributed by atoms with Crippen molar-refractivity contribution in [2.24, 2.45) is 0 Å². The van der Waals surface area contributed by atoms with Crippen LogP contribution < -0.4 is 0 Å². The molecule has 0 aliphatic carbocycles. The van der Waals surface area contributed by atoms with Gasteiger partial charge in [-0.2, -0.15) is 0 Å². The average Bonchev–Trinajstić information content (AvgIpc) is 2.88. The van der Waals surface area contributed by atoms with Gasteiger partial charge < -0.3 is 10.0 Å². The lowest BCUT2D eigenvalue weighted by atomic mass is 9.94. The first-order chi connectivity index (χ1) is 10.9. The monoisotopic (exact) mass is 349 g/mol. The lowest BCUT2D eigenvalue weighted by molar-refractivity contribution is -0.00188. The van der Waals surface area contributed by atoms with Crippen molar-refractivity contribution < 1.29 is 9.90 Å². The summed E-state index contributed by atoms with van der Waals surface area (Å²) in [5.41, 5.74) is 1.49. The van der Waals surface area contributed by atoms with E-state index in [1.807, 2.05) is 49.1 Å². The Bertz CT molecular complexity index is 728. The Hall–Kier alpha value is -1.36. The minimum atomic E-state index is -0.645. The van der Waals surface area contributed by atoms with Crippen molar-refractivity contribution >= 4 is 28.8 Å². The fraction of sp³-hybridized carbons (Fsp3) is 0.389. The molecule has 23 heavy (non-hydrogen) atoms. The summed E-state index contributed by atoms with van der Waals surface area (Å²) in [6.45, 7) is 5.07. The topological polar surface area (TPSA) is 40.5 Å². The third-order valence-corrected chi connectivity index (χ3v) is 5.85. The van der Waals surface area contributed by atoms with Gasteiger partial charge in [0, 0.05) is 23.0 Å². The van der Waals surface area contributed by atoms with E-state index in [2.05, 4.69) is 0 Å². The van der Waals surface area contributed by atoms with Crippen molar-refractivity contribution in [3.63, 3.8) is 0 Å². The maximum Gasteiger partial charge on any atom is 0.263 e. The van der Waals surface area contributed by atoms with Gasteiger partial charge in [0.2, 0.25) is 0 Å². The quantitative estimate of drug-likeness (QED) is 0.874. The number of likely N-dealkylation sites (tertiary alicyclic amines) is 1. The molecule has 1 aliphatic heterocycles. The number of aliphatic hydroxyl groups is 1. The normalized spacial score (nSPS) is 17.3. The molecule has 0 spiro atoms. The number of rotatable bonds is 2. The maximum atomic E-state index is 12.7. The molecule has 1 aromatic heterocycles. The fourth-order valence-electron chi connectivity index (χ4n) is 2.85. The molecule has 122 valence electrons. The number of hydrogen-bond donors (Lipinski definition) is 1. The van der Waals surface area contributed by atoms with Crippen molar-refractivity contribution in [2.75, 3.05) is 13.1 Å². The van der Waals surface area contributed by atoms with Crippen LogP contribution in [0, 0.1) is 6.92 Å². The summed E-state index contributed by atoms with van der Waals surface area (Å²) >= 11 is 7.58. The van der Waals surface area contributed by atoms with Gasteiger partial charge in [0.15, 0.2) is 0 Å². The predicted molar refractivity (Wildman–Crippen MR) is 95.3 cm³/mol. The molecule has 1 fully saturated rings. The number of carbonyl (C=O) groups is 1. The molecule has 0 atom stereocenters. The summed E-state index contributed by atoms with van der Waals surface area (Å²) in [5, 5.41) is 10.7. The summed E-state index contributed by atoms with van der Waals surface area (Å²) in [6.07, 6.45) is 1.26. The summed E-state index contributed by atoms with van der Waals surface area (Å²) < 4.78 is 0. The second-order valence-corrected chi connectivity index (χ2v) is 7.91. The first-order valence-electron chi connectivity index (χ1n) is 7.74. The average molecular weight is 350 g/mol. The van der Waals surface area contributed by atoms with Crippen LogP contribution in [0.4, 0.5) is 0 Å². The number of hydrogen-bond acceptors (Lipinski definition) is 3. The van der Waals surface area contributed by atoms with Crippen LogP contribution in [-0.2, 0) is 0 Å². The predicted octanol–water partition coefficient (Wildman–Crippen LogP) is 4.36. The molecule has 2 heterocycles. The van der Waals surface area contributed by atoms with Gasteiger partial charge in [-0.05, 0) is 56.0 Å². The Morgan fingerprint density at radius 1 is 1.30 bits per heavy atom. The second kappa shape index (κ2) is 6.27. The van der Waals surface area contributed by atoms with Crippen LogP contribution in [-0.4, -0.2) is 34.6 Å². The van der Waals surface area contributed by atoms with Crippen LogP contribution in [0.1, 0.15) is 35.0 Å². The molecular weight excluding hydrogens is 330 g/mol. The SMILES string of the molecule is Cc1cc(C(=O)N2CCC(C)(O)CC2)sc1-c1cccc(Cl)c1. The van der Waals surface area contributed by atoms with Crippen molar-refractivity contribution in [1.82, 2.24) is 4.90 Å². The van der Waals surface area contributed by atoms with E-state index in [4.69, 9.17) is 11.6 Å². The Kier molecular flexibility index (Phi) is 4.50. The minimum absolute atomic E-state index is 0.0573. The first-order valence-corrected chi connectivity index (χ1v) is 8.93. The third kappa shape index (κ3) is 3.60. The molecule has 0 saturated carbocycles. The molecular formula is C18H20ClNO2S. The smallest absolute Gasteiger partial charge is 0.263 e. The van der Waals surface area contributed by atoms with Gasteiger partial charge in [-0.15, -0.1) is 11.3 Å². The first kappa shape index (κ1) is 16.5. The number of carbonyl (C=O) groups excluding carboxylic acids is 1. The highest BCUT2D eigenvalue weighted by atomic mass is 35.5. The molecule has 1 amide bonds. The zero-order valence-electron chi connectivity index (χ0n) is 13.3. The van der Waals surface area contributed by atoms with Crippen LogP contribution in [0.2, 0.25) is 5.02 Å². The molecule has 0 unspecified atom stereocenters. The van der Waals surface area contributed by atoms with Gasteiger partial charge in [0.1, 0.15) is 0 Å². The van der Waals surface area contributed by atoms with Crippen molar-refractivity contribution in [2.45, 2.75) is 32.3 Å². The highest BCUT2D eigenvalue weighted by molar-refractivity contribution is 7.17. The molecule has 0 radical (unpaired) electrons. The van der Waals surface area contributed by atoms with Gasteiger partial charge in [-0.3, -0.25) is 4.79 Å². The lowest BCUT2D eigenvalue weighted by Gasteiger charge is -2.35. The van der Waals surface area contributed by atoms with E-state index in [0.29, 0.717) is 31.0 Å². The van der Waals surface area contributed by atoms with Crippen LogP contribution in [0.15, 0.2) is 30.3 Å². The van der Waals surface area contributed by atoms with Crippen molar-refractivity contribution in [1.29, 1.82) is 0 Å². The summed E-state index contributed by atoms with van der Waals surface area (Å²) in [5.74, 6) is 0.0573. The zero-order valence-corrected chi connectivity index (χ0v) is 14.9. The highest BCUT2D eigenvalue weighted by Crippen LogP contribution is 2.34. The van der Waals surface area contributed by atoms with E-state index in [1.54, 1.807) is 0 Å². The van der Waals surface area contributed by atoms with E-state index in [1.165, 1.54) is 11.3 Å². The van der Waals surface area contributed by atoms with Crippen LogP contribution in [0.25, 0.3) is 10.4 Å². The standard InChI is InChI=1S/C18H20ClNO2S/c1-12-10-15(17(21)20-8-6-18(2,22)7-9-20)23-16(12)13-4-3-5-14(19)11-13/h3-5,10-11,22H,6-9H2,1-2H3. The van der Waals surface area contributed by atoms with Crippen molar-refractivity contribution in [3.8, 4) is 10.4 Å². The molecule has 3 nitrogen and oxygen atoms in total. The molecule has 3 rings (SSSR count). The Morgan fingerprint density at radius 2 is 2.00 bits per heavy atom. The number of amides is 1. The van der Waals surface area contributed by atoms with E-state index in [0.717, 1.165) is 20.9 Å². The zero-order chi connectivity index (χ0) is 16.6. The van der Waals surface area contributed by atoms with Crippen LogP contribution in [0.5, 0.6) is 0 Å². The van der Waals surface area contributed by atoms with Gasteiger partial charge in [-0.25, -0.2) is 0 Å². The molecule has 1 aliphatic rings. The second-order valence-electron chi connectivity index (χ2n) is 6.42. The largest absolute Gasteiger partial charge is 0.390 e. The minimum Gasteiger partial charge on any atom is -0.390 e. The summed E-state index contributed by atoms with van der Waals surface area (Å²) in [6, 6.07) is 9.66.